The first-order chi connectivity index (χ1) is 9.45. The van der Waals surface area contributed by atoms with E-state index >= 15 is 0 Å². The lowest BCUT2D eigenvalue weighted by atomic mass is 9.70. The van der Waals surface area contributed by atoms with Crippen LogP contribution in [0, 0.1) is 17.8 Å². The van der Waals surface area contributed by atoms with E-state index in [4.69, 9.17) is 14.2 Å². The Hall–Kier alpha value is -0.120. The summed E-state index contributed by atoms with van der Waals surface area (Å²) < 4.78 is 17.0. The third-order valence-corrected chi connectivity index (χ3v) is 4.60. The second-order valence-electron chi connectivity index (χ2n) is 6.67. The molecule has 0 radical (unpaired) electrons. The molecule has 1 heterocycles. The summed E-state index contributed by atoms with van der Waals surface area (Å²) in [5.41, 5.74) is -0.0195. The van der Waals surface area contributed by atoms with Crippen molar-refractivity contribution in [2.75, 3.05) is 26.4 Å². The van der Waals surface area contributed by atoms with E-state index in [2.05, 4.69) is 41.5 Å². The summed E-state index contributed by atoms with van der Waals surface area (Å²) in [6.07, 6.45) is 2.63. The molecule has 0 saturated carbocycles. The van der Waals surface area contributed by atoms with Gasteiger partial charge in [0.25, 0.3) is 0 Å². The van der Waals surface area contributed by atoms with E-state index in [0.29, 0.717) is 23.9 Å². The van der Waals surface area contributed by atoms with Gasteiger partial charge in [-0.2, -0.15) is 0 Å². The van der Waals surface area contributed by atoms with Crippen LogP contribution in [0.4, 0.5) is 0 Å². The summed E-state index contributed by atoms with van der Waals surface area (Å²) in [6.45, 7) is 16.8. The minimum absolute atomic E-state index is 0.0195. The van der Waals surface area contributed by atoms with Crippen LogP contribution in [-0.2, 0) is 14.2 Å². The summed E-state index contributed by atoms with van der Waals surface area (Å²) in [7, 11) is 0. The van der Waals surface area contributed by atoms with Crippen molar-refractivity contribution in [3.05, 3.63) is 0 Å². The van der Waals surface area contributed by atoms with E-state index in [-0.39, 0.29) is 5.60 Å². The quantitative estimate of drug-likeness (QED) is 0.426. The molecule has 0 spiro atoms. The number of ether oxygens (including phenoxy) is 3. The van der Waals surface area contributed by atoms with E-state index in [0.717, 1.165) is 39.3 Å². The SMILES string of the molecule is CCOC(C(C)C)(C(C)C)C(C)CCCOCC1CO1. The molecule has 1 aliphatic rings. The highest BCUT2D eigenvalue weighted by atomic mass is 16.6. The predicted molar refractivity (Wildman–Crippen MR) is 83.0 cm³/mol. The monoisotopic (exact) mass is 286 g/mol. The van der Waals surface area contributed by atoms with Crippen LogP contribution in [0.15, 0.2) is 0 Å². The van der Waals surface area contributed by atoms with Gasteiger partial charge in [0, 0.05) is 13.2 Å². The van der Waals surface area contributed by atoms with Gasteiger partial charge in [-0.05, 0) is 37.5 Å². The van der Waals surface area contributed by atoms with E-state index in [9.17, 15) is 0 Å². The third kappa shape index (κ3) is 4.71. The number of hydrogen-bond donors (Lipinski definition) is 0. The molecule has 0 bridgehead atoms. The van der Waals surface area contributed by atoms with Gasteiger partial charge in [-0.3, -0.25) is 0 Å². The largest absolute Gasteiger partial charge is 0.379 e. The van der Waals surface area contributed by atoms with Crippen molar-refractivity contribution in [3.63, 3.8) is 0 Å². The zero-order chi connectivity index (χ0) is 15.2. The molecule has 3 nitrogen and oxygen atoms in total. The second-order valence-corrected chi connectivity index (χ2v) is 6.67. The standard InChI is InChI=1S/C17H34O3/c1-7-20-17(13(2)3,14(4)5)15(6)9-8-10-18-11-16-12-19-16/h13-16H,7-12H2,1-6H3. The van der Waals surface area contributed by atoms with Crippen LogP contribution in [0.25, 0.3) is 0 Å². The molecule has 0 aromatic rings. The maximum absolute atomic E-state index is 6.26. The Morgan fingerprint density at radius 1 is 1.15 bits per heavy atom. The summed E-state index contributed by atoms with van der Waals surface area (Å²) in [6, 6.07) is 0. The molecule has 1 aliphatic heterocycles. The van der Waals surface area contributed by atoms with E-state index in [1.54, 1.807) is 0 Å². The second kappa shape index (κ2) is 8.35. The molecule has 0 amide bonds. The fourth-order valence-corrected chi connectivity index (χ4v) is 3.63. The van der Waals surface area contributed by atoms with Crippen LogP contribution >= 0.6 is 0 Å². The zero-order valence-corrected chi connectivity index (χ0v) is 14.3. The lowest BCUT2D eigenvalue weighted by molar-refractivity contribution is -0.143. The van der Waals surface area contributed by atoms with Gasteiger partial charge in [-0.1, -0.05) is 34.6 Å². The van der Waals surface area contributed by atoms with Gasteiger partial charge < -0.3 is 14.2 Å². The first-order valence-electron chi connectivity index (χ1n) is 8.28. The van der Waals surface area contributed by atoms with Crippen LogP contribution in [0.1, 0.15) is 54.4 Å². The van der Waals surface area contributed by atoms with Crippen molar-refractivity contribution in [1.82, 2.24) is 0 Å². The first-order valence-corrected chi connectivity index (χ1v) is 8.28. The highest BCUT2D eigenvalue weighted by Gasteiger charge is 2.42. The average Bonchev–Trinajstić information content (AvgIpc) is 3.18. The first kappa shape index (κ1) is 17.9. The molecule has 120 valence electrons. The summed E-state index contributed by atoms with van der Waals surface area (Å²) in [4.78, 5) is 0. The van der Waals surface area contributed by atoms with Crippen LogP contribution in [0.3, 0.4) is 0 Å². The summed E-state index contributed by atoms with van der Waals surface area (Å²) in [5.74, 6) is 1.60. The van der Waals surface area contributed by atoms with E-state index < -0.39 is 0 Å². The fourth-order valence-electron chi connectivity index (χ4n) is 3.63. The van der Waals surface area contributed by atoms with Crippen molar-refractivity contribution in [2.24, 2.45) is 17.8 Å². The lowest BCUT2D eigenvalue weighted by Crippen LogP contribution is -2.49. The van der Waals surface area contributed by atoms with Crippen molar-refractivity contribution in [2.45, 2.75) is 66.1 Å². The van der Waals surface area contributed by atoms with Gasteiger partial charge in [0.2, 0.25) is 0 Å². The Labute approximate surface area is 125 Å². The molecule has 0 N–H and O–H groups in total. The number of hydrogen-bond acceptors (Lipinski definition) is 3. The molecule has 1 fully saturated rings. The highest BCUT2D eigenvalue weighted by Crippen LogP contribution is 2.39. The Morgan fingerprint density at radius 3 is 2.20 bits per heavy atom. The predicted octanol–water partition coefficient (Wildman–Crippen LogP) is 3.91. The molecular formula is C17H34O3. The molecule has 2 unspecified atom stereocenters. The molecule has 20 heavy (non-hydrogen) atoms. The normalized spacial score (nSPS) is 20.7. The average molecular weight is 286 g/mol. The van der Waals surface area contributed by atoms with E-state index in [1.165, 1.54) is 0 Å². The Balaban J connectivity index is 2.42. The van der Waals surface area contributed by atoms with Crippen LogP contribution < -0.4 is 0 Å². The molecular weight excluding hydrogens is 252 g/mol. The highest BCUT2D eigenvalue weighted by molar-refractivity contribution is 4.92. The molecule has 1 rings (SSSR count). The molecule has 1 saturated heterocycles. The summed E-state index contributed by atoms with van der Waals surface area (Å²) >= 11 is 0. The van der Waals surface area contributed by atoms with Gasteiger partial charge in [0.15, 0.2) is 0 Å². The van der Waals surface area contributed by atoms with Gasteiger partial charge in [-0.15, -0.1) is 0 Å². The number of epoxide rings is 1. The van der Waals surface area contributed by atoms with Gasteiger partial charge >= 0.3 is 0 Å². The van der Waals surface area contributed by atoms with Gasteiger partial charge in [0.1, 0.15) is 6.10 Å². The third-order valence-electron chi connectivity index (χ3n) is 4.60. The van der Waals surface area contributed by atoms with Crippen molar-refractivity contribution >= 4 is 0 Å². The molecule has 0 aromatic heterocycles. The lowest BCUT2D eigenvalue weighted by Gasteiger charge is -2.46. The minimum atomic E-state index is -0.0195. The Kier molecular flexibility index (Phi) is 7.49. The van der Waals surface area contributed by atoms with Crippen LogP contribution in [-0.4, -0.2) is 38.1 Å². The Bertz CT molecular complexity index is 251. The maximum Gasteiger partial charge on any atom is 0.104 e. The van der Waals surface area contributed by atoms with E-state index in [1.807, 2.05) is 0 Å². The molecule has 3 heteroatoms. The number of rotatable bonds is 11. The molecule has 2 atom stereocenters. The zero-order valence-electron chi connectivity index (χ0n) is 14.3. The Morgan fingerprint density at radius 2 is 1.75 bits per heavy atom. The van der Waals surface area contributed by atoms with Crippen LogP contribution in [0.5, 0.6) is 0 Å². The fraction of sp³-hybridized carbons (Fsp3) is 1.00. The maximum atomic E-state index is 6.26. The van der Waals surface area contributed by atoms with Gasteiger partial charge in [0.05, 0.1) is 18.8 Å². The smallest absolute Gasteiger partial charge is 0.104 e. The molecule has 0 aliphatic carbocycles. The van der Waals surface area contributed by atoms with Crippen molar-refractivity contribution in [3.8, 4) is 0 Å². The van der Waals surface area contributed by atoms with Crippen molar-refractivity contribution in [1.29, 1.82) is 0 Å². The van der Waals surface area contributed by atoms with Crippen LogP contribution in [0.2, 0.25) is 0 Å². The van der Waals surface area contributed by atoms with Crippen molar-refractivity contribution < 1.29 is 14.2 Å². The van der Waals surface area contributed by atoms with Gasteiger partial charge in [-0.25, -0.2) is 0 Å². The minimum Gasteiger partial charge on any atom is -0.379 e. The summed E-state index contributed by atoms with van der Waals surface area (Å²) in [5, 5.41) is 0. The topological polar surface area (TPSA) is 31.0 Å². The molecule has 0 aromatic carbocycles.